The molecule has 8 nitrogen and oxygen atoms in total. The van der Waals surface area contributed by atoms with Crippen LogP contribution >= 0.6 is 23.4 Å². The van der Waals surface area contributed by atoms with Crippen LogP contribution in [0.15, 0.2) is 40.5 Å². The predicted octanol–water partition coefficient (Wildman–Crippen LogP) is 3.02. The Morgan fingerprint density at radius 2 is 2.03 bits per heavy atom. The summed E-state index contributed by atoms with van der Waals surface area (Å²) >= 11 is 7.10. The molecule has 1 aromatic carbocycles. The van der Waals surface area contributed by atoms with Crippen molar-refractivity contribution in [1.29, 1.82) is 10.7 Å². The number of nitriles is 1. The lowest BCUT2D eigenvalue weighted by molar-refractivity contribution is -0.146. The van der Waals surface area contributed by atoms with Crippen molar-refractivity contribution in [3.8, 4) is 6.07 Å². The lowest BCUT2D eigenvalue weighted by atomic mass is 9.75. The van der Waals surface area contributed by atoms with E-state index in [1.165, 1.54) is 0 Å². The van der Waals surface area contributed by atoms with Crippen LogP contribution in [0.4, 0.5) is 0 Å². The lowest BCUT2D eigenvalue weighted by Gasteiger charge is -2.31. The lowest BCUT2D eigenvalue weighted by Crippen LogP contribution is -2.37. The monoisotopic (exact) mass is 448 g/mol. The molecule has 158 valence electrons. The third kappa shape index (κ3) is 5.40. The van der Waals surface area contributed by atoms with E-state index in [0.29, 0.717) is 10.6 Å². The summed E-state index contributed by atoms with van der Waals surface area (Å²) in [4.78, 5) is 30.0. The van der Waals surface area contributed by atoms with Crippen molar-refractivity contribution in [3.63, 3.8) is 0 Å². The van der Waals surface area contributed by atoms with E-state index in [1.807, 2.05) is 6.07 Å². The predicted molar refractivity (Wildman–Crippen MR) is 115 cm³/mol. The van der Waals surface area contributed by atoms with Crippen molar-refractivity contribution in [2.24, 2.45) is 16.6 Å². The summed E-state index contributed by atoms with van der Waals surface area (Å²) in [6, 6.07) is 8.62. The number of ether oxygens (including phenoxy) is 2. The van der Waals surface area contributed by atoms with Crippen LogP contribution in [-0.2, 0) is 19.1 Å². The van der Waals surface area contributed by atoms with Gasteiger partial charge in [0.1, 0.15) is 17.7 Å². The SMILES string of the molecule is CCOC(=O)C1=C(CSC(=N)N)N=C(C#N)C(C(=O)OCC)C1c1cccc(Cl)c1. The van der Waals surface area contributed by atoms with E-state index in [0.717, 1.165) is 11.8 Å². The number of benzene rings is 1. The number of nitrogens with one attached hydrogen (secondary N) is 1. The zero-order valence-corrected chi connectivity index (χ0v) is 18.0. The number of carbonyl (C=O) groups is 2. The second-order valence-electron chi connectivity index (χ2n) is 6.11. The van der Waals surface area contributed by atoms with Gasteiger partial charge < -0.3 is 15.2 Å². The fraction of sp³-hybridized carbons (Fsp3) is 0.350. The van der Waals surface area contributed by atoms with Gasteiger partial charge in [0.15, 0.2) is 5.17 Å². The molecule has 0 fully saturated rings. The molecular formula is C20H21ClN4O4S. The molecule has 0 saturated heterocycles. The van der Waals surface area contributed by atoms with Crippen molar-refractivity contribution < 1.29 is 19.1 Å². The van der Waals surface area contributed by atoms with Gasteiger partial charge in [0.2, 0.25) is 0 Å². The Balaban J connectivity index is 2.76. The summed E-state index contributed by atoms with van der Waals surface area (Å²) < 4.78 is 10.4. The molecular weight excluding hydrogens is 428 g/mol. The number of aliphatic imine (C=N–C) groups is 1. The number of hydrogen-bond acceptors (Lipinski definition) is 8. The highest BCUT2D eigenvalue weighted by Gasteiger charge is 2.44. The third-order valence-corrected chi connectivity index (χ3v) is 5.19. The number of halogens is 1. The van der Waals surface area contributed by atoms with Crippen LogP contribution in [-0.4, -0.2) is 41.8 Å². The minimum Gasteiger partial charge on any atom is -0.465 e. The molecule has 0 radical (unpaired) electrons. The molecule has 1 aliphatic rings. The van der Waals surface area contributed by atoms with Crippen LogP contribution in [0.2, 0.25) is 5.02 Å². The Hall–Kier alpha value is -2.83. The summed E-state index contributed by atoms with van der Waals surface area (Å²) in [5.74, 6) is -3.32. The van der Waals surface area contributed by atoms with E-state index in [4.69, 9.17) is 32.2 Å². The number of rotatable bonds is 7. The first-order valence-corrected chi connectivity index (χ1v) is 10.5. The molecule has 1 aliphatic heterocycles. The van der Waals surface area contributed by atoms with E-state index < -0.39 is 23.8 Å². The van der Waals surface area contributed by atoms with Gasteiger partial charge in [-0.2, -0.15) is 5.26 Å². The molecule has 0 aromatic heterocycles. The fourth-order valence-electron chi connectivity index (χ4n) is 3.12. The maximum absolute atomic E-state index is 12.9. The molecule has 0 bridgehead atoms. The topological polar surface area (TPSA) is 139 Å². The third-order valence-electron chi connectivity index (χ3n) is 4.23. The van der Waals surface area contributed by atoms with Gasteiger partial charge in [0.25, 0.3) is 0 Å². The van der Waals surface area contributed by atoms with Gasteiger partial charge >= 0.3 is 11.9 Å². The molecule has 0 saturated carbocycles. The number of amidine groups is 1. The van der Waals surface area contributed by atoms with Gasteiger partial charge in [-0.3, -0.25) is 10.2 Å². The van der Waals surface area contributed by atoms with Gasteiger partial charge in [-0.1, -0.05) is 35.5 Å². The first kappa shape index (κ1) is 23.4. The van der Waals surface area contributed by atoms with Crippen molar-refractivity contribution in [2.75, 3.05) is 19.0 Å². The summed E-state index contributed by atoms with van der Waals surface area (Å²) in [7, 11) is 0. The molecule has 30 heavy (non-hydrogen) atoms. The molecule has 1 aromatic rings. The van der Waals surface area contributed by atoms with Gasteiger partial charge in [0.05, 0.1) is 24.5 Å². The van der Waals surface area contributed by atoms with Crippen LogP contribution in [0.25, 0.3) is 0 Å². The molecule has 1 heterocycles. The van der Waals surface area contributed by atoms with Crippen LogP contribution in [0.5, 0.6) is 0 Å². The number of hydrogen-bond donors (Lipinski definition) is 2. The number of nitrogens with zero attached hydrogens (tertiary/aromatic N) is 2. The van der Waals surface area contributed by atoms with Crippen LogP contribution in [0.3, 0.4) is 0 Å². The maximum atomic E-state index is 12.9. The molecule has 10 heteroatoms. The Labute approximate surface area is 183 Å². The zero-order valence-electron chi connectivity index (χ0n) is 16.5. The Bertz CT molecular complexity index is 954. The smallest absolute Gasteiger partial charge is 0.336 e. The van der Waals surface area contributed by atoms with Crippen LogP contribution in [0.1, 0.15) is 25.3 Å². The summed E-state index contributed by atoms with van der Waals surface area (Å²) in [6.07, 6.45) is 0. The molecule has 0 amide bonds. The highest BCUT2D eigenvalue weighted by atomic mass is 35.5. The first-order valence-electron chi connectivity index (χ1n) is 9.11. The quantitative estimate of drug-likeness (QED) is 0.371. The summed E-state index contributed by atoms with van der Waals surface area (Å²) in [5, 5.41) is 17.4. The number of carbonyl (C=O) groups excluding carboxylic acids is 2. The largest absolute Gasteiger partial charge is 0.465 e. The zero-order chi connectivity index (χ0) is 22.3. The van der Waals surface area contributed by atoms with E-state index in [2.05, 4.69) is 4.99 Å². The standard InChI is InChI=1S/C20H21ClN4O4S/c1-3-28-18(26)16-13(9-22)25-14(10-30-20(23)24)17(19(27)29-4-2)15(16)11-6-5-7-12(21)8-11/h5-8,15-16H,3-4,10H2,1-2H3,(H3,23,24). The first-order chi connectivity index (χ1) is 14.3. The normalized spacial score (nSPS) is 18.3. The average Bonchev–Trinajstić information content (AvgIpc) is 2.71. The fourth-order valence-corrected chi connectivity index (χ4v) is 3.83. The van der Waals surface area contributed by atoms with E-state index in [-0.39, 0.29) is 41.1 Å². The second kappa shape index (κ2) is 10.8. The van der Waals surface area contributed by atoms with Crippen molar-refractivity contribution >= 4 is 46.2 Å². The molecule has 2 unspecified atom stereocenters. The van der Waals surface area contributed by atoms with Gasteiger partial charge in [-0.15, -0.1) is 0 Å². The summed E-state index contributed by atoms with van der Waals surface area (Å²) in [6.45, 7) is 3.51. The van der Waals surface area contributed by atoms with Gasteiger partial charge in [-0.25, -0.2) is 9.79 Å². The second-order valence-corrected chi connectivity index (χ2v) is 7.56. The van der Waals surface area contributed by atoms with Gasteiger partial charge in [-0.05, 0) is 31.5 Å². The minimum absolute atomic E-state index is 0.0568. The number of esters is 2. The number of thioether (sulfide) groups is 1. The van der Waals surface area contributed by atoms with Crippen LogP contribution < -0.4 is 5.73 Å². The molecule has 3 N–H and O–H groups in total. The van der Waals surface area contributed by atoms with E-state index >= 15 is 0 Å². The highest BCUT2D eigenvalue weighted by Crippen LogP contribution is 2.41. The van der Waals surface area contributed by atoms with E-state index in [1.54, 1.807) is 38.1 Å². The summed E-state index contributed by atoms with van der Waals surface area (Å²) in [5.41, 5.74) is 6.22. The van der Waals surface area contributed by atoms with Gasteiger partial charge in [0, 0.05) is 16.7 Å². The van der Waals surface area contributed by atoms with Crippen LogP contribution in [0, 0.1) is 22.7 Å². The van der Waals surface area contributed by atoms with E-state index in [9.17, 15) is 14.9 Å². The molecule has 2 rings (SSSR count). The van der Waals surface area contributed by atoms with Crippen molar-refractivity contribution in [1.82, 2.24) is 0 Å². The number of nitrogens with two attached hydrogens (primary N) is 1. The van der Waals surface area contributed by atoms with Crippen molar-refractivity contribution in [2.45, 2.75) is 19.8 Å². The minimum atomic E-state index is -1.14. The molecule has 0 aliphatic carbocycles. The highest BCUT2D eigenvalue weighted by molar-refractivity contribution is 8.13. The molecule has 2 atom stereocenters. The van der Waals surface area contributed by atoms with Crippen molar-refractivity contribution in [3.05, 3.63) is 46.1 Å². The Morgan fingerprint density at radius 3 is 2.60 bits per heavy atom. The maximum Gasteiger partial charge on any atom is 0.336 e. The Kier molecular flexibility index (Phi) is 8.45. The Morgan fingerprint density at radius 1 is 1.33 bits per heavy atom. The average molecular weight is 449 g/mol. The molecule has 0 spiro atoms.